The molecule has 0 aromatic heterocycles. The number of benzene rings is 2. The highest BCUT2D eigenvalue weighted by Gasteiger charge is 2.26. The molecule has 0 unspecified atom stereocenters. The molecule has 1 saturated heterocycles. The summed E-state index contributed by atoms with van der Waals surface area (Å²) in [5, 5.41) is 5.77. The molecule has 1 aliphatic rings. The quantitative estimate of drug-likeness (QED) is 0.806. The number of hydrogen-bond acceptors (Lipinski definition) is 3. The molecule has 0 saturated carbocycles. The van der Waals surface area contributed by atoms with E-state index in [-0.39, 0.29) is 30.1 Å². The van der Waals surface area contributed by atoms with Crippen molar-refractivity contribution in [3.63, 3.8) is 0 Å². The van der Waals surface area contributed by atoms with Gasteiger partial charge in [-0.15, -0.1) is 0 Å². The summed E-state index contributed by atoms with van der Waals surface area (Å²) >= 11 is 0. The lowest BCUT2D eigenvalue weighted by molar-refractivity contribution is -0.125. The van der Waals surface area contributed by atoms with Crippen LogP contribution in [-0.4, -0.2) is 36.3 Å². The molecule has 148 valence electrons. The second-order valence-corrected chi connectivity index (χ2v) is 7.29. The van der Waals surface area contributed by atoms with Crippen molar-refractivity contribution in [2.45, 2.75) is 26.3 Å². The zero-order chi connectivity index (χ0) is 19.9. The van der Waals surface area contributed by atoms with Crippen LogP contribution in [-0.2, 0) is 16.1 Å². The summed E-state index contributed by atoms with van der Waals surface area (Å²) in [6.45, 7) is 3.59. The van der Waals surface area contributed by atoms with Crippen LogP contribution in [0, 0.1) is 18.7 Å². The van der Waals surface area contributed by atoms with E-state index in [0.717, 1.165) is 30.6 Å². The first-order valence-corrected chi connectivity index (χ1v) is 9.61. The van der Waals surface area contributed by atoms with Crippen LogP contribution in [0.15, 0.2) is 48.5 Å². The molecule has 5 nitrogen and oxygen atoms in total. The highest BCUT2D eigenvalue weighted by molar-refractivity contribution is 5.92. The maximum atomic E-state index is 13.6. The Morgan fingerprint density at radius 2 is 1.96 bits per heavy atom. The lowest BCUT2D eigenvalue weighted by Crippen LogP contribution is -2.45. The van der Waals surface area contributed by atoms with Crippen molar-refractivity contribution in [1.29, 1.82) is 0 Å². The van der Waals surface area contributed by atoms with Crippen LogP contribution in [0.4, 0.5) is 10.1 Å². The van der Waals surface area contributed by atoms with Gasteiger partial charge in [0, 0.05) is 18.8 Å². The number of rotatable bonds is 6. The van der Waals surface area contributed by atoms with Crippen LogP contribution in [0.25, 0.3) is 0 Å². The normalized spacial score (nSPS) is 17.1. The molecule has 0 aliphatic carbocycles. The monoisotopic (exact) mass is 383 g/mol. The average Bonchev–Trinajstić information content (AvgIpc) is 2.70. The number of anilines is 1. The molecular weight excluding hydrogens is 357 g/mol. The molecule has 0 bridgehead atoms. The molecule has 2 aromatic rings. The standard InChI is InChI=1S/C22H26FN3O2/c1-16-9-10-17(12-20(16)23)13-24-21(27)15-26-11-5-6-18(14-26)22(28)25-19-7-3-2-4-8-19/h2-4,7-10,12,18H,5-6,11,13-15H2,1H3,(H,24,27)(H,25,28)/t18-/m1/s1. The van der Waals surface area contributed by atoms with E-state index >= 15 is 0 Å². The highest BCUT2D eigenvalue weighted by atomic mass is 19.1. The van der Waals surface area contributed by atoms with Gasteiger partial charge in [0.15, 0.2) is 0 Å². The SMILES string of the molecule is Cc1ccc(CNC(=O)CN2CCC[C@@H](C(=O)Nc3ccccc3)C2)cc1F. The summed E-state index contributed by atoms with van der Waals surface area (Å²) < 4.78 is 13.6. The molecule has 2 N–H and O–H groups in total. The third-order valence-electron chi connectivity index (χ3n) is 5.01. The number of piperidine rings is 1. The van der Waals surface area contributed by atoms with Gasteiger partial charge in [-0.25, -0.2) is 4.39 Å². The van der Waals surface area contributed by atoms with Crippen LogP contribution < -0.4 is 10.6 Å². The zero-order valence-corrected chi connectivity index (χ0v) is 16.1. The Balaban J connectivity index is 1.46. The molecule has 0 radical (unpaired) electrons. The van der Waals surface area contributed by atoms with E-state index in [9.17, 15) is 14.0 Å². The number of nitrogens with one attached hydrogen (secondary N) is 2. The van der Waals surface area contributed by atoms with E-state index in [2.05, 4.69) is 10.6 Å². The van der Waals surface area contributed by atoms with Gasteiger partial charge in [0.2, 0.25) is 11.8 Å². The first-order chi connectivity index (χ1) is 13.5. The van der Waals surface area contributed by atoms with E-state index in [1.807, 2.05) is 41.3 Å². The molecule has 3 rings (SSSR count). The lowest BCUT2D eigenvalue weighted by atomic mass is 9.97. The van der Waals surface area contributed by atoms with Crippen LogP contribution in [0.1, 0.15) is 24.0 Å². The lowest BCUT2D eigenvalue weighted by Gasteiger charge is -2.31. The van der Waals surface area contributed by atoms with Crippen molar-refractivity contribution in [3.8, 4) is 0 Å². The number of halogens is 1. The van der Waals surface area contributed by atoms with Crippen molar-refractivity contribution < 1.29 is 14.0 Å². The third-order valence-corrected chi connectivity index (χ3v) is 5.01. The molecule has 1 aliphatic heterocycles. The topological polar surface area (TPSA) is 61.4 Å². The minimum atomic E-state index is -0.268. The van der Waals surface area contributed by atoms with E-state index in [4.69, 9.17) is 0 Å². The molecule has 1 fully saturated rings. The summed E-state index contributed by atoms with van der Waals surface area (Å²) in [5.74, 6) is -0.528. The van der Waals surface area contributed by atoms with Gasteiger partial charge in [-0.2, -0.15) is 0 Å². The molecule has 2 amide bonds. The predicted molar refractivity (Wildman–Crippen MR) is 107 cm³/mol. The maximum Gasteiger partial charge on any atom is 0.234 e. The van der Waals surface area contributed by atoms with Crippen molar-refractivity contribution in [2.24, 2.45) is 5.92 Å². The smallest absolute Gasteiger partial charge is 0.234 e. The molecule has 1 atom stereocenters. The number of amides is 2. The fraction of sp³-hybridized carbons (Fsp3) is 0.364. The number of hydrogen-bond donors (Lipinski definition) is 2. The number of nitrogens with zero attached hydrogens (tertiary/aromatic N) is 1. The Labute approximate surface area is 164 Å². The fourth-order valence-electron chi connectivity index (χ4n) is 3.38. The number of aryl methyl sites for hydroxylation is 1. The second-order valence-electron chi connectivity index (χ2n) is 7.29. The molecule has 0 spiro atoms. The number of likely N-dealkylation sites (tertiary alicyclic amines) is 1. The first-order valence-electron chi connectivity index (χ1n) is 9.61. The number of carbonyl (C=O) groups is 2. The third kappa shape index (κ3) is 5.63. The van der Waals surface area contributed by atoms with Gasteiger partial charge in [0.1, 0.15) is 5.82 Å². The van der Waals surface area contributed by atoms with Gasteiger partial charge in [0.25, 0.3) is 0 Å². The molecule has 6 heteroatoms. The van der Waals surface area contributed by atoms with Crippen LogP contribution >= 0.6 is 0 Å². The van der Waals surface area contributed by atoms with Crippen LogP contribution in [0.2, 0.25) is 0 Å². The minimum Gasteiger partial charge on any atom is -0.351 e. The van der Waals surface area contributed by atoms with Crippen molar-refractivity contribution in [2.75, 3.05) is 25.0 Å². The van der Waals surface area contributed by atoms with Gasteiger partial charge in [-0.1, -0.05) is 30.3 Å². The van der Waals surface area contributed by atoms with Crippen LogP contribution in [0.3, 0.4) is 0 Å². The van der Waals surface area contributed by atoms with E-state index in [0.29, 0.717) is 18.7 Å². The van der Waals surface area contributed by atoms with Crippen molar-refractivity contribution in [1.82, 2.24) is 10.2 Å². The molecule has 28 heavy (non-hydrogen) atoms. The molecular formula is C22H26FN3O2. The predicted octanol–water partition coefficient (Wildman–Crippen LogP) is 3.10. The van der Waals surface area contributed by atoms with E-state index < -0.39 is 0 Å². The summed E-state index contributed by atoms with van der Waals surface area (Å²) in [6.07, 6.45) is 1.70. The van der Waals surface area contributed by atoms with E-state index in [1.54, 1.807) is 13.0 Å². The van der Waals surface area contributed by atoms with Crippen molar-refractivity contribution >= 4 is 17.5 Å². The van der Waals surface area contributed by atoms with Gasteiger partial charge in [-0.05, 0) is 55.6 Å². The van der Waals surface area contributed by atoms with Gasteiger partial charge in [-0.3, -0.25) is 14.5 Å². The summed E-state index contributed by atoms with van der Waals surface area (Å²) in [6, 6.07) is 14.3. The Bertz CT molecular complexity index is 826. The van der Waals surface area contributed by atoms with E-state index in [1.165, 1.54) is 6.07 Å². The van der Waals surface area contributed by atoms with Crippen LogP contribution in [0.5, 0.6) is 0 Å². The van der Waals surface area contributed by atoms with Gasteiger partial charge in [0.05, 0.1) is 12.5 Å². The van der Waals surface area contributed by atoms with Crippen molar-refractivity contribution in [3.05, 3.63) is 65.5 Å². The molecule has 2 aromatic carbocycles. The molecule has 1 heterocycles. The highest BCUT2D eigenvalue weighted by Crippen LogP contribution is 2.18. The average molecular weight is 383 g/mol. The fourth-order valence-corrected chi connectivity index (χ4v) is 3.38. The van der Waals surface area contributed by atoms with Gasteiger partial charge < -0.3 is 10.6 Å². The number of para-hydroxylation sites is 1. The first kappa shape index (κ1) is 20.0. The summed E-state index contributed by atoms with van der Waals surface area (Å²) in [4.78, 5) is 26.8. The minimum absolute atomic E-state index is 0.00793. The van der Waals surface area contributed by atoms with Gasteiger partial charge >= 0.3 is 0 Å². The Morgan fingerprint density at radius 3 is 2.71 bits per heavy atom. The zero-order valence-electron chi connectivity index (χ0n) is 16.1. The Morgan fingerprint density at radius 1 is 1.18 bits per heavy atom. The second kappa shape index (κ2) is 9.46. The number of carbonyl (C=O) groups excluding carboxylic acids is 2. The summed E-state index contributed by atoms with van der Waals surface area (Å²) in [7, 11) is 0. The Kier molecular flexibility index (Phi) is 6.76. The Hall–Kier alpha value is -2.73. The maximum absolute atomic E-state index is 13.6. The summed E-state index contributed by atoms with van der Waals surface area (Å²) in [5.41, 5.74) is 2.10. The largest absolute Gasteiger partial charge is 0.351 e.